The van der Waals surface area contributed by atoms with E-state index in [1.807, 2.05) is 27.8 Å². The summed E-state index contributed by atoms with van der Waals surface area (Å²) in [7, 11) is 3.43. The van der Waals surface area contributed by atoms with Crippen molar-refractivity contribution in [3.63, 3.8) is 0 Å². The lowest BCUT2D eigenvalue weighted by atomic mass is 10.1. The van der Waals surface area contributed by atoms with Gasteiger partial charge in [-0.25, -0.2) is 18.4 Å². The Hall–Kier alpha value is -2.19. The third kappa shape index (κ3) is 3.19. The van der Waals surface area contributed by atoms with E-state index in [2.05, 4.69) is 15.1 Å². The lowest BCUT2D eigenvalue weighted by molar-refractivity contribution is 0.341. The van der Waals surface area contributed by atoms with E-state index in [9.17, 15) is 8.42 Å². The fourth-order valence-electron chi connectivity index (χ4n) is 2.77. The number of nitrogens with zero attached hydrogens (tertiary/aromatic N) is 4. The first-order valence-electron chi connectivity index (χ1n) is 7.62. The Labute approximate surface area is 150 Å². The molecule has 0 amide bonds. The van der Waals surface area contributed by atoms with Crippen molar-refractivity contribution in [2.45, 2.75) is 25.7 Å². The molecule has 0 atom stereocenters. The zero-order chi connectivity index (χ0) is 18.4. The second kappa shape index (κ2) is 6.27. The predicted octanol–water partition coefficient (Wildman–Crippen LogP) is 2.97. The van der Waals surface area contributed by atoms with Crippen molar-refractivity contribution in [3.05, 3.63) is 29.6 Å². The van der Waals surface area contributed by atoms with Crippen LogP contribution in [0.1, 0.15) is 18.3 Å². The fourth-order valence-corrected chi connectivity index (χ4v) is 3.54. The van der Waals surface area contributed by atoms with Crippen molar-refractivity contribution >= 4 is 30.8 Å². The van der Waals surface area contributed by atoms with E-state index in [0.29, 0.717) is 29.3 Å². The number of rotatable bonds is 4. The average molecular weight is 381 g/mol. The second-order valence-corrected chi connectivity index (χ2v) is 8.13. The Morgan fingerprint density at radius 2 is 1.92 bits per heavy atom. The van der Waals surface area contributed by atoms with Crippen LogP contribution < -0.4 is 4.74 Å². The number of halogens is 1. The van der Waals surface area contributed by atoms with Crippen LogP contribution in [-0.2, 0) is 16.1 Å². The van der Waals surface area contributed by atoms with Crippen LogP contribution in [-0.4, -0.2) is 34.8 Å². The lowest BCUT2D eigenvalue weighted by Crippen LogP contribution is -2.01. The third-order valence-electron chi connectivity index (χ3n) is 3.80. The van der Waals surface area contributed by atoms with Crippen LogP contribution in [0.5, 0.6) is 5.75 Å². The van der Waals surface area contributed by atoms with Gasteiger partial charge in [-0.05, 0) is 39.0 Å². The molecule has 3 rings (SSSR count). The van der Waals surface area contributed by atoms with Gasteiger partial charge in [-0.1, -0.05) is 0 Å². The summed E-state index contributed by atoms with van der Waals surface area (Å²) in [6.45, 7) is 5.99. The molecule has 0 radical (unpaired) electrons. The van der Waals surface area contributed by atoms with Gasteiger partial charge < -0.3 is 4.74 Å². The Kier molecular flexibility index (Phi) is 4.42. The van der Waals surface area contributed by atoms with Crippen LogP contribution in [0.2, 0.25) is 0 Å². The number of fused-ring (bicyclic) bond motifs is 1. The van der Waals surface area contributed by atoms with Crippen LogP contribution >= 0.6 is 10.7 Å². The summed E-state index contributed by atoms with van der Waals surface area (Å²) in [5.41, 5.74) is 3.52. The van der Waals surface area contributed by atoms with Crippen LogP contribution in [0.4, 0.5) is 0 Å². The molecule has 0 aliphatic rings. The highest BCUT2D eigenvalue weighted by Crippen LogP contribution is 2.33. The molecule has 0 N–H and O–H groups in total. The molecule has 0 saturated heterocycles. The first-order valence-corrected chi connectivity index (χ1v) is 9.93. The number of ether oxygens (including phenoxy) is 1. The standard InChI is InChI=1S/C16H17ClN4O3S/c1-5-24-13-7-6-11(25(17,22)23)8-12(13)16-18-10(3)15-14(19-16)9(2)20-21(15)4/h6-8H,5H2,1-4H3. The molecule has 1 aromatic carbocycles. The predicted molar refractivity (Wildman–Crippen MR) is 95.4 cm³/mol. The smallest absolute Gasteiger partial charge is 0.261 e. The average Bonchev–Trinajstić information content (AvgIpc) is 2.81. The van der Waals surface area contributed by atoms with Gasteiger partial charge in [0.1, 0.15) is 16.8 Å². The van der Waals surface area contributed by atoms with Crippen molar-refractivity contribution in [3.8, 4) is 17.1 Å². The van der Waals surface area contributed by atoms with E-state index in [1.54, 1.807) is 10.7 Å². The monoisotopic (exact) mass is 380 g/mol. The number of aromatic nitrogens is 4. The van der Waals surface area contributed by atoms with Crippen LogP contribution in [0.3, 0.4) is 0 Å². The van der Waals surface area contributed by atoms with Gasteiger partial charge in [-0.3, -0.25) is 4.68 Å². The molecule has 0 aliphatic carbocycles. The van der Waals surface area contributed by atoms with E-state index in [4.69, 9.17) is 15.4 Å². The minimum Gasteiger partial charge on any atom is -0.493 e. The van der Waals surface area contributed by atoms with Crippen LogP contribution in [0.25, 0.3) is 22.4 Å². The zero-order valence-electron chi connectivity index (χ0n) is 14.2. The quantitative estimate of drug-likeness (QED) is 0.646. The maximum atomic E-state index is 11.7. The molecule has 0 spiro atoms. The van der Waals surface area contributed by atoms with Crippen molar-refractivity contribution in [1.29, 1.82) is 0 Å². The molecule has 2 aromatic heterocycles. The molecule has 0 fully saturated rings. The SMILES string of the molecule is CCOc1ccc(S(=O)(=O)Cl)cc1-c1nc(C)c2c(n1)c(C)nn2C. The summed E-state index contributed by atoms with van der Waals surface area (Å²) < 4.78 is 30.7. The first kappa shape index (κ1) is 17.6. The minimum atomic E-state index is -3.88. The maximum absolute atomic E-state index is 11.7. The molecular formula is C16H17ClN4O3S. The normalized spacial score (nSPS) is 11.9. The molecule has 0 aliphatic heterocycles. The van der Waals surface area contributed by atoms with E-state index < -0.39 is 9.05 Å². The molecule has 0 saturated carbocycles. The van der Waals surface area contributed by atoms with E-state index in [1.165, 1.54) is 12.1 Å². The second-order valence-electron chi connectivity index (χ2n) is 5.57. The number of benzene rings is 1. The van der Waals surface area contributed by atoms with E-state index in [0.717, 1.165) is 16.9 Å². The van der Waals surface area contributed by atoms with Crippen molar-refractivity contribution < 1.29 is 13.2 Å². The number of hydrogen-bond acceptors (Lipinski definition) is 6. The van der Waals surface area contributed by atoms with E-state index in [-0.39, 0.29) is 4.90 Å². The fraction of sp³-hybridized carbons (Fsp3) is 0.312. The topological polar surface area (TPSA) is 87.0 Å². The van der Waals surface area contributed by atoms with Crippen molar-refractivity contribution in [2.75, 3.05) is 6.61 Å². The van der Waals surface area contributed by atoms with Gasteiger partial charge in [0, 0.05) is 17.7 Å². The van der Waals surface area contributed by atoms with Gasteiger partial charge >= 0.3 is 0 Å². The zero-order valence-corrected chi connectivity index (χ0v) is 15.8. The minimum absolute atomic E-state index is 0.0307. The molecule has 3 aromatic rings. The van der Waals surface area contributed by atoms with Gasteiger partial charge in [0.2, 0.25) is 0 Å². The first-order chi connectivity index (χ1) is 11.7. The Morgan fingerprint density at radius 1 is 1.20 bits per heavy atom. The van der Waals surface area contributed by atoms with Gasteiger partial charge in [0.15, 0.2) is 5.82 Å². The summed E-state index contributed by atoms with van der Waals surface area (Å²) in [6, 6.07) is 4.39. The Morgan fingerprint density at radius 3 is 2.56 bits per heavy atom. The molecule has 132 valence electrons. The molecule has 2 heterocycles. The van der Waals surface area contributed by atoms with Crippen LogP contribution in [0, 0.1) is 13.8 Å². The molecule has 9 heteroatoms. The largest absolute Gasteiger partial charge is 0.493 e. The molecule has 7 nitrogen and oxygen atoms in total. The molecule has 0 unspecified atom stereocenters. The summed E-state index contributed by atoms with van der Waals surface area (Å²) in [4.78, 5) is 9.07. The molecular weight excluding hydrogens is 364 g/mol. The van der Waals surface area contributed by atoms with Crippen molar-refractivity contribution in [1.82, 2.24) is 19.7 Å². The maximum Gasteiger partial charge on any atom is 0.261 e. The highest BCUT2D eigenvalue weighted by Gasteiger charge is 2.19. The van der Waals surface area contributed by atoms with Gasteiger partial charge in [0.25, 0.3) is 9.05 Å². The highest BCUT2D eigenvalue weighted by molar-refractivity contribution is 8.13. The number of aryl methyl sites for hydroxylation is 3. The Balaban J connectivity index is 2.31. The summed E-state index contributed by atoms with van der Waals surface area (Å²) in [5, 5.41) is 4.37. The van der Waals surface area contributed by atoms with Gasteiger partial charge in [-0.15, -0.1) is 0 Å². The van der Waals surface area contributed by atoms with E-state index >= 15 is 0 Å². The van der Waals surface area contributed by atoms with Gasteiger partial charge in [0.05, 0.1) is 28.5 Å². The summed E-state index contributed by atoms with van der Waals surface area (Å²) in [5.74, 6) is 0.860. The van der Waals surface area contributed by atoms with Crippen LogP contribution in [0.15, 0.2) is 23.1 Å². The van der Waals surface area contributed by atoms with Gasteiger partial charge in [-0.2, -0.15) is 5.10 Å². The summed E-state index contributed by atoms with van der Waals surface area (Å²) >= 11 is 0. The summed E-state index contributed by atoms with van der Waals surface area (Å²) in [6.07, 6.45) is 0. The third-order valence-corrected chi connectivity index (χ3v) is 5.15. The lowest BCUT2D eigenvalue weighted by Gasteiger charge is -2.11. The number of hydrogen-bond donors (Lipinski definition) is 0. The Bertz CT molecular complexity index is 1080. The highest BCUT2D eigenvalue weighted by atomic mass is 35.7. The molecule has 25 heavy (non-hydrogen) atoms. The van der Waals surface area contributed by atoms with Crippen molar-refractivity contribution in [2.24, 2.45) is 7.05 Å². The molecule has 0 bridgehead atoms.